The van der Waals surface area contributed by atoms with E-state index >= 15 is 0 Å². The van der Waals surface area contributed by atoms with Gasteiger partial charge in [-0.3, -0.25) is 9.36 Å². The number of fused-ring (bicyclic) bond motifs is 1. The Balaban J connectivity index is 2.12. The van der Waals surface area contributed by atoms with Gasteiger partial charge in [0.05, 0.1) is 28.4 Å². The summed E-state index contributed by atoms with van der Waals surface area (Å²) in [5.74, 6) is -0.339. The second-order valence-electron chi connectivity index (χ2n) is 6.27. The van der Waals surface area contributed by atoms with Crippen molar-refractivity contribution < 1.29 is 15.0 Å². The van der Waals surface area contributed by atoms with E-state index in [2.05, 4.69) is 16.6 Å². The SMILES string of the molecule is CC(=NNC(=O)CCCO)c1c(O)n(-c2ccccc2)c2cc(C#N)ccc12. The van der Waals surface area contributed by atoms with Crippen molar-refractivity contribution in [1.29, 1.82) is 5.26 Å². The number of carbonyl (C=O) groups is 1. The fraction of sp³-hybridized carbons (Fsp3) is 0.190. The zero-order valence-corrected chi connectivity index (χ0v) is 15.4. The largest absolute Gasteiger partial charge is 0.494 e. The van der Waals surface area contributed by atoms with Crippen LogP contribution in [0.15, 0.2) is 53.6 Å². The van der Waals surface area contributed by atoms with Gasteiger partial charge in [-0.2, -0.15) is 10.4 Å². The maximum atomic E-state index is 11.8. The van der Waals surface area contributed by atoms with E-state index < -0.39 is 0 Å². The van der Waals surface area contributed by atoms with Gasteiger partial charge in [0.25, 0.3) is 0 Å². The number of rotatable bonds is 6. The summed E-state index contributed by atoms with van der Waals surface area (Å²) < 4.78 is 1.65. The highest BCUT2D eigenvalue weighted by molar-refractivity contribution is 6.13. The van der Waals surface area contributed by atoms with Crippen LogP contribution >= 0.6 is 0 Å². The Bertz CT molecular complexity index is 1080. The highest BCUT2D eigenvalue weighted by Gasteiger charge is 2.20. The van der Waals surface area contributed by atoms with E-state index in [1.54, 1.807) is 29.7 Å². The molecule has 0 atom stereocenters. The number of nitrogens with zero attached hydrogens (tertiary/aromatic N) is 3. The van der Waals surface area contributed by atoms with Crippen LogP contribution in [0.3, 0.4) is 0 Å². The Labute approximate surface area is 162 Å². The molecule has 2 aromatic carbocycles. The van der Waals surface area contributed by atoms with Gasteiger partial charge in [-0.05, 0) is 37.6 Å². The maximum absolute atomic E-state index is 11.8. The minimum atomic E-state index is -0.313. The number of nitrogens with one attached hydrogen (secondary N) is 1. The first-order chi connectivity index (χ1) is 13.6. The van der Waals surface area contributed by atoms with Gasteiger partial charge in [-0.15, -0.1) is 0 Å². The van der Waals surface area contributed by atoms with Crippen molar-refractivity contribution in [3.63, 3.8) is 0 Å². The van der Waals surface area contributed by atoms with Gasteiger partial charge in [0.2, 0.25) is 11.8 Å². The summed E-state index contributed by atoms with van der Waals surface area (Å²) in [5, 5.41) is 33.8. The van der Waals surface area contributed by atoms with Crippen LogP contribution in [-0.4, -0.2) is 33.0 Å². The summed E-state index contributed by atoms with van der Waals surface area (Å²) in [6.45, 7) is 1.62. The number of nitriles is 1. The molecule has 0 radical (unpaired) electrons. The van der Waals surface area contributed by atoms with Crippen LogP contribution < -0.4 is 5.43 Å². The molecule has 1 heterocycles. The fourth-order valence-electron chi connectivity index (χ4n) is 3.04. The molecule has 3 rings (SSSR count). The Hall–Kier alpha value is -3.63. The molecule has 0 aliphatic heterocycles. The molecule has 0 aliphatic carbocycles. The normalized spacial score (nSPS) is 11.4. The summed E-state index contributed by atoms with van der Waals surface area (Å²) in [6, 6.07) is 16.6. The van der Waals surface area contributed by atoms with Gasteiger partial charge in [0, 0.05) is 24.1 Å². The van der Waals surface area contributed by atoms with Crippen LogP contribution in [0.5, 0.6) is 5.88 Å². The number of carbonyl (C=O) groups excluding carboxylic acids is 1. The Kier molecular flexibility index (Phi) is 5.72. The van der Waals surface area contributed by atoms with E-state index in [1.807, 2.05) is 30.3 Å². The average molecular weight is 376 g/mol. The maximum Gasteiger partial charge on any atom is 0.240 e. The summed E-state index contributed by atoms with van der Waals surface area (Å²) in [5.41, 5.74) is 5.23. The van der Waals surface area contributed by atoms with E-state index in [0.717, 1.165) is 5.69 Å². The van der Waals surface area contributed by atoms with Crippen LogP contribution in [0.1, 0.15) is 30.9 Å². The molecule has 7 nitrogen and oxygen atoms in total. The number of aromatic hydroxyl groups is 1. The van der Waals surface area contributed by atoms with Gasteiger partial charge in [0.1, 0.15) is 0 Å². The Morgan fingerprint density at radius 2 is 2.00 bits per heavy atom. The molecule has 0 unspecified atom stereocenters. The summed E-state index contributed by atoms with van der Waals surface area (Å²) in [4.78, 5) is 11.8. The number of amides is 1. The molecule has 0 fully saturated rings. The first kappa shape index (κ1) is 19.1. The van der Waals surface area contributed by atoms with Gasteiger partial charge in [0.15, 0.2) is 0 Å². The van der Waals surface area contributed by atoms with Crippen molar-refractivity contribution in [2.75, 3.05) is 6.61 Å². The number of aliphatic hydroxyl groups excluding tert-OH is 1. The number of hydrazone groups is 1. The third kappa shape index (κ3) is 3.72. The molecule has 0 saturated heterocycles. The van der Waals surface area contributed by atoms with E-state index in [1.165, 1.54) is 0 Å². The second kappa shape index (κ2) is 8.37. The number of hydrogen-bond acceptors (Lipinski definition) is 5. The van der Waals surface area contributed by atoms with E-state index in [9.17, 15) is 15.2 Å². The number of hydrogen-bond donors (Lipinski definition) is 3. The Morgan fingerprint density at radius 1 is 1.25 bits per heavy atom. The second-order valence-corrected chi connectivity index (χ2v) is 6.27. The van der Waals surface area contributed by atoms with Crippen molar-refractivity contribution in [3.8, 4) is 17.6 Å². The van der Waals surface area contributed by atoms with Crippen LogP contribution in [0, 0.1) is 11.3 Å². The summed E-state index contributed by atoms with van der Waals surface area (Å²) in [6.07, 6.45) is 0.520. The minimum absolute atomic E-state index is 0.0258. The molecule has 7 heteroatoms. The minimum Gasteiger partial charge on any atom is -0.494 e. The lowest BCUT2D eigenvalue weighted by Crippen LogP contribution is -2.19. The predicted molar refractivity (Wildman–Crippen MR) is 106 cm³/mol. The van der Waals surface area contributed by atoms with E-state index in [0.29, 0.717) is 34.2 Å². The van der Waals surface area contributed by atoms with Crippen LogP contribution in [0.2, 0.25) is 0 Å². The summed E-state index contributed by atoms with van der Waals surface area (Å²) >= 11 is 0. The van der Waals surface area contributed by atoms with E-state index in [4.69, 9.17) is 5.11 Å². The topological polar surface area (TPSA) is 111 Å². The standard InChI is InChI=1S/C21H20N4O3/c1-14(23-24-19(27)8-5-11-26)20-17-10-9-15(13-22)12-18(17)25(21(20)28)16-6-3-2-4-7-16/h2-4,6-7,9-10,12,26,28H,5,8,11H2,1H3,(H,24,27). The third-order valence-corrected chi connectivity index (χ3v) is 4.36. The van der Waals surface area contributed by atoms with Crippen molar-refractivity contribution in [1.82, 2.24) is 9.99 Å². The lowest BCUT2D eigenvalue weighted by atomic mass is 10.1. The van der Waals surface area contributed by atoms with Crippen molar-refractivity contribution in [2.24, 2.45) is 5.10 Å². The molecule has 0 aliphatic rings. The number of aliphatic hydroxyl groups is 1. The molecule has 0 bridgehead atoms. The van der Waals surface area contributed by atoms with Crippen molar-refractivity contribution >= 4 is 22.5 Å². The van der Waals surface area contributed by atoms with Gasteiger partial charge in [-0.25, -0.2) is 5.43 Å². The van der Waals surface area contributed by atoms with Gasteiger partial charge in [-0.1, -0.05) is 24.3 Å². The molecule has 0 spiro atoms. The molecule has 142 valence electrons. The van der Waals surface area contributed by atoms with Crippen molar-refractivity contribution in [3.05, 3.63) is 59.7 Å². The van der Waals surface area contributed by atoms with Crippen LogP contribution in [-0.2, 0) is 4.79 Å². The van der Waals surface area contributed by atoms with Crippen LogP contribution in [0.25, 0.3) is 16.6 Å². The lowest BCUT2D eigenvalue weighted by molar-refractivity contribution is -0.121. The Morgan fingerprint density at radius 3 is 2.68 bits per heavy atom. The first-order valence-corrected chi connectivity index (χ1v) is 8.84. The fourth-order valence-corrected chi connectivity index (χ4v) is 3.04. The first-order valence-electron chi connectivity index (χ1n) is 8.84. The quantitative estimate of drug-likeness (QED) is 0.454. The van der Waals surface area contributed by atoms with Gasteiger partial charge >= 0.3 is 0 Å². The molecular formula is C21H20N4O3. The monoisotopic (exact) mass is 376 g/mol. The third-order valence-electron chi connectivity index (χ3n) is 4.36. The molecule has 3 N–H and O–H groups in total. The molecular weight excluding hydrogens is 356 g/mol. The van der Waals surface area contributed by atoms with Crippen LogP contribution in [0.4, 0.5) is 0 Å². The lowest BCUT2D eigenvalue weighted by Gasteiger charge is -2.07. The smallest absolute Gasteiger partial charge is 0.240 e. The molecule has 3 aromatic rings. The molecule has 1 aromatic heterocycles. The van der Waals surface area contributed by atoms with Gasteiger partial charge < -0.3 is 10.2 Å². The highest BCUT2D eigenvalue weighted by Crippen LogP contribution is 2.35. The van der Waals surface area contributed by atoms with Crippen molar-refractivity contribution in [2.45, 2.75) is 19.8 Å². The molecule has 0 saturated carbocycles. The van der Waals surface area contributed by atoms with E-state index in [-0.39, 0.29) is 24.8 Å². The summed E-state index contributed by atoms with van der Waals surface area (Å²) in [7, 11) is 0. The number of aromatic nitrogens is 1. The highest BCUT2D eigenvalue weighted by atomic mass is 16.3. The molecule has 1 amide bonds. The zero-order valence-electron chi connectivity index (χ0n) is 15.4. The predicted octanol–water partition coefficient (Wildman–Crippen LogP) is 2.82. The number of para-hydroxylation sites is 1. The zero-order chi connectivity index (χ0) is 20.1. The average Bonchev–Trinajstić information content (AvgIpc) is 3.01. The number of benzene rings is 2. The molecule has 28 heavy (non-hydrogen) atoms.